The Morgan fingerprint density at radius 3 is 2.38 bits per heavy atom. The number of thiazole rings is 1. The maximum absolute atomic E-state index is 12.5. The lowest BCUT2D eigenvalue weighted by Gasteiger charge is -2.10. The zero-order chi connectivity index (χ0) is 22.5. The van der Waals surface area contributed by atoms with E-state index in [1.54, 1.807) is 0 Å². The van der Waals surface area contributed by atoms with Gasteiger partial charge in [-0.2, -0.15) is 0 Å². The fraction of sp³-hybridized carbons (Fsp3) is 0.120. The minimum absolute atomic E-state index is 0.0993. The summed E-state index contributed by atoms with van der Waals surface area (Å²) in [4.78, 5) is 18.3. The molecule has 4 nitrogen and oxygen atoms in total. The number of ether oxygens (including phenoxy) is 1. The normalized spacial score (nSPS) is 10.7. The summed E-state index contributed by atoms with van der Waals surface area (Å²) in [5, 5.41) is 3.44. The third-order valence-corrected chi connectivity index (χ3v) is 7.04. The first-order valence-electron chi connectivity index (χ1n) is 10.1. The van der Waals surface area contributed by atoms with E-state index in [-0.39, 0.29) is 12.5 Å². The van der Waals surface area contributed by atoms with Crippen LogP contribution in [0.4, 0.5) is 5.13 Å². The molecule has 0 radical (unpaired) electrons. The molecular formula is C25H20Br2N2O2S. The van der Waals surface area contributed by atoms with Crippen LogP contribution in [0.2, 0.25) is 0 Å². The zero-order valence-corrected chi connectivity index (χ0v) is 21.3. The number of rotatable bonds is 7. The van der Waals surface area contributed by atoms with Crippen LogP contribution < -0.4 is 10.1 Å². The molecule has 0 atom stereocenters. The molecule has 1 heterocycles. The quantitative estimate of drug-likeness (QED) is 0.249. The Kier molecular flexibility index (Phi) is 7.40. The number of nitrogens with zero attached hydrogens (tertiary/aromatic N) is 1. The fourth-order valence-corrected chi connectivity index (χ4v) is 4.90. The van der Waals surface area contributed by atoms with Crippen LogP contribution in [0.15, 0.2) is 81.7 Å². The Labute approximate surface area is 207 Å². The molecule has 162 valence electrons. The van der Waals surface area contributed by atoms with E-state index in [4.69, 9.17) is 4.74 Å². The molecule has 1 N–H and O–H groups in total. The van der Waals surface area contributed by atoms with E-state index in [9.17, 15) is 4.79 Å². The van der Waals surface area contributed by atoms with Gasteiger partial charge in [-0.3, -0.25) is 10.1 Å². The minimum atomic E-state index is -0.247. The smallest absolute Gasteiger partial charge is 0.264 e. The van der Waals surface area contributed by atoms with Gasteiger partial charge in [0.1, 0.15) is 5.75 Å². The van der Waals surface area contributed by atoms with Gasteiger partial charge in [0.15, 0.2) is 11.7 Å². The van der Waals surface area contributed by atoms with E-state index in [2.05, 4.69) is 61.2 Å². The Hall–Kier alpha value is -2.48. The Balaban J connectivity index is 1.41. The van der Waals surface area contributed by atoms with Crippen LogP contribution in [0.3, 0.4) is 0 Å². The van der Waals surface area contributed by atoms with Gasteiger partial charge in [0, 0.05) is 14.9 Å². The van der Waals surface area contributed by atoms with Gasteiger partial charge in [-0.1, -0.05) is 71.4 Å². The number of nitrogens with one attached hydrogen (secondary N) is 1. The average Bonchev–Trinajstić information content (AvgIpc) is 3.22. The van der Waals surface area contributed by atoms with Crippen molar-refractivity contribution in [2.45, 2.75) is 13.3 Å². The Bertz CT molecular complexity index is 1220. The highest BCUT2D eigenvalue weighted by molar-refractivity contribution is 9.10. The largest absolute Gasteiger partial charge is 0.483 e. The van der Waals surface area contributed by atoms with Gasteiger partial charge in [-0.15, -0.1) is 11.3 Å². The fourth-order valence-electron chi connectivity index (χ4n) is 3.20. The van der Waals surface area contributed by atoms with Crippen LogP contribution in [-0.4, -0.2) is 17.5 Å². The lowest BCUT2D eigenvalue weighted by molar-refractivity contribution is -0.118. The van der Waals surface area contributed by atoms with Crippen LogP contribution in [0, 0.1) is 0 Å². The molecule has 0 bridgehead atoms. The van der Waals surface area contributed by atoms with Crippen molar-refractivity contribution in [3.63, 3.8) is 0 Å². The van der Waals surface area contributed by atoms with Crippen LogP contribution in [-0.2, 0) is 11.2 Å². The maximum Gasteiger partial charge on any atom is 0.264 e. The Morgan fingerprint density at radius 1 is 0.969 bits per heavy atom. The lowest BCUT2D eigenvalue weighted by atomic mass is 10.1. The molecule has 0 spiro atoms. The molecule has 0 saturated carbocycles. The van der Waals surface area contributed by atoms with Crippen LogP contribution in [0.1, 0.15) is 11.8 Å². The van der Waals surface area contributed by atoms with E-state index in [0.29, 0.717) is 10.9 Å². The highest BCUT2D eigenvalue weighted by Crippen LogP contribution is 2.33. The third kappa shape index (κ3) is 5.46. The first-order chi connectivity index (χ1) is 15.5. The molecule has 7 heteroatoms. The van der Waals surface area contributed by atoms with Crippen molar-refractivity contribution in [2.75, 3.05) is 11.9 Å². The molecule has 3 aromatic carbocycles. The number of benzene rings is 3. The first-order valence-corrected chi connectivity index (χ1v) is 12.5. The van der Waals surface area contributed by atoms with Gasteiger partial charge in [-0.25, -0.2) is 4.98 Å². The summed E-state index contributed by atoms with van der Waals surface area (Å²) in [6.45, 7) is 1.99. The van der Waals surface area contributed by atoms with Crippen molar-refractivity contribution in [3.05, 3.63) is 86.6 Å². The second-order valence-corrected chi connectivity index (χ2v) is 9.85. The maximum atomic E-state index is 12.5. The molecule has 1 aromatic heterocycles. The number of hydrogen-bond donors (Lipinski definition) is 1. The topological polar surface area (TPSA) is 51.2 Å². The number of halogens is 2. The second kappa shape index (κ2) is 10.4. The number of aryl methyl sites for hydroxylation is 1. The lowest BCUT2D eigenvalue weighted by Crippen LogP contribution is -2.20. The molecule has 0 unspecified atom stereocenters. The van der Waals surface area contributed by atoms with E-state index < -0.39 is 0 Å². The van der Waals surface area contributed by atoms with Gasteiger partial charge >= 0.3 is 0 Å². The SMILES string of the molecule is CCc1sc(NC(=O)COc2ccc(-c3ccccc3)cc2Br)nc1-c1ccc(Br)cc1. The average molecular weight is 572 g/mol. The predicted molar refractivity (Wildman–Crippen MR) is 138 cm³/mol. The standard InChI is InChI=1S/C25H20Br2N2O2S/c1-2-22-24(17-8-11-19(26)12-9-17)29-25(32-22)28-23(30)15-31-21-13-10-18(14-20(21)27)16-6-4-3-5-7-16/h3-14H,2,15H2,1H3,(H,28,29,30). The van der Waals surface area contributed by atoms with Crippen LogP contribution in [0.5, 0.6) is 5.75 Å². The van der Waals surface area contributed by atoms with Gasteiger partial charge in [0.25, 0.3) is 5.91 Å². The molecule has 0 saturated heterocycles. The summed E-state index contributed by atoms with van der Waals surface area (Å²) < 4.78 is 7.55. The highest BCUT2D eigenvalue weighted by atomic mass is 79.9. The number of anilines is 1. The van der Waals surface area contributed by atoms with E-state index >= 15 is 0 Å². The molecule has 0 aliphatic heterocycles. The van der Waals surface area contributed by atoms with Crippen LogP contribution in [0.25, 0.3) is 22.4 Å². The molecule has 0 fully saturated rings. The number of amides is 1. The van der Waals surface area contributed by atoms with Crippen molar-refractivity contribution < 1.29 is 9.53 Å². The van der Waals surface area contributed by atoms with Gasteiger partial charge < -0.3 is 4.74 Å². The summed E-state index contributed by atoms with van der Waals surface area (Å²) in [7, 11) is 0. The van der Waals surface area contributed by atoms with E-state index in [0.717, 1.165) is 42.6 Å². The summed E-state index contributed by atoms with van der Waals surface area (Å²) >= 11 is 8.49. The second-order valence-electron chi connectivity index (χ2n) is 7.00. The molecule has 4 aromatic rings. The van der Waals surface area contributed by atoms with Crippen LogP contribution >= 0.6 is 43.2 Å². The number of carbonyl (C=O) groups excluding carboxylic acids is 1. The highest BCUT2D eigenvalue weighted by Gasteiger charge is 2.15. The van der Waals surface area contributed by atoms with Gasteiger partial charge in [-0.05, 0) is 57.7 Å². The molecule has 0 aliphatic carbocycles. The summed E-state index contributed by atoms with van der Waals surface area (Å²) in [6.07, 6.45) is 0.843. The molecular weight excluding hydrogens is 552 g/mol. The summed E-state index contributed by atoms with van der Waals surface area (Å²) in [6, 6.07) is 23.9. The molecule has 1 amide bonds. The monoisotopic (exact) mass is 570 g/mol. The number of hydrogen-bond acceptors (Lipinski definition) is 4. The van der Waals surface area contributed by atoms with E-state index in [1.807, 2.05) is 60.7 Å². The minimum Gasteiger partial charge on any atom is -0.483 e. The molecule has 4 rings (SSSR count). The molecule has 0 aliphatic rings. The van der Waals surface area contributed by atoms with Gasteiger partial charge in [0.05, 0.1) is 10.2 Å². The van der Waals surface area contributed by atoms with Crippen molar-refractivity contribution in [1.82, 2.24) is 4.98 Å². The van der Waals surface area contributed by atoms with Gasteiger partial charge in [0.2, 0.25) is 0 Å². The first kappa shape index (κ1) is 22.7. The number of aromatic nitrogens is 1. The summed E-state index contributed by atoms with van der Waals surface area (Å²) in [5.74, 6) is 0.367. The van der Waals surface area contributed by atoms with Crippen molar-refractivity contribution in [2.24, 2.45) is 0 Å². The summed E-state index contributed by atoms with van der Waals surface area (Å²) in [5.41, 5.74) is 4.13. The van der Waals surface area contributed by atoms with Crippen molar-refractivity contribution in [3.8, 4) is 28.1 Å². The van der Waals surface area contributed by atoms with E-state index in [1.165, 1.54) is 11.3 Å². The van der Waals surface area contributed by atoms with Crippen molar-refractivity contribution in [1.29, 1.82) is 0 Å². The number of carbonyl (C=O) groups is 1. The molecule has 32 heavy (non-hydrogen) atoms. The zero-order valence-electron chi connectivity index (χ0n) is 17.3. The Morgan fingerprint density at radius 2 is 1.69 bits per heavy atom. The predicted octanol–water partition coefficient (Wildman–Crippen LogP) is 7.58. The van der Waals surface area contributed by atoms with Crippen molar-refractivity contribution >= 4 is 54.2 Å². The third-order valence-electron chi connectivity index (χ3n) is 4.78.